The zero-order chi connectivity index (χ0) is 19.1. The molecule has 1 saturated heterocycles. The molecule has 1 atom stereocenters. The number of methoxy groups -OCH3 is 1. The van der Waals surface area contributed by atoms with Crippen molar-refractivity contribution in [3.63, 3.8) is 0 Å². The predicted octanol–water partition coefficient (Wildman–Crippen LogP) is 1.12. The van der Waals surface area contributed by atoms with Crippen LogP contribution in [0.25, 0.3) is 0 Å². The number of hydrogen-bond donors (Lipinski definition) is 2. The molecule has 5 nitrogen and oxygen atoms in total. The molecule has 146 valence electrons. The zero-order valence-electron chi connectivity index (χ0n) is 15.7. The largest absolute Gasteiger partial charge is 0.496 e. The Labute approximate surface area is 159 Å². The van der Waals surface area contributed by atoms with E-state index in [1.54, 1.807) is 7.11 Å². The molecule has 0 unspecified atom stereocenters. The number of nitrogens with zero attached hydrogens (tertiary/aromatic N) is 1. The molecule has 0 aliphatic carbocycles. The van der Waals surface area contributed by atoms with Gasteiger partial charge in [-0.2, -0.15) is 0 Å². The first kappa shape index (κ1) is 19.6. The van der Waals surface area contributed by atoms with Crippen LogP contribution in [0, 0.1) is 5.82 Å². The van der Waals surface area contributed by atoms with Gasteiger partial charge in [0, 0.05) is 11.3 Å². The Kier molecular flexibility index (Phi) is 7.04. The molecule has 1 aliphatic rings. The topological polar surface area (TPSA) is 46.4 Å². The van der Waals surface area contributed by atoms with Crippen LogP contribution in [0.4, 0.5) is 10.1 Å². The van der Waals surface area contributed by atoms with Crippen LogP contribution in [0.15, 0.2) is 48.5 Å². The number of piperazine rings is 1. The minimum atomic E-state index is -0.493. The van der Waals surface area contributed by atoms with E-state index in [0.717, 1.165) is 43.2 Å². The summed E-state index contributed by atoms with van der Waals surface area (Å²) >= 11 is 0. The first-order chi connectivity index (χ1) is 13.2. The monoisotopic (exact) mass is 375 g/mol. The van der Waals surface area contributed by atoms with Gasteiger partial charge in [-0.1, -0.05) is 18.2 Å². The van der Waals surface area contributed by atoms with Gasteiger partial charge in [0.2, 0.25) is 0 Å². The number of nitrogens with one attached hydrogen (secondary N) is 1. The standard InChI is InChI=1S/C21H27FN2O3/c1-26-21-5-3-2-4-17(21)15-27-16-20(25)14-23-10-12-24(13-11-23)19-8-6-18(22)7-9-19/h2-9,20,25H,10-16H2,1H3/p+1/t20-/m0/s1. The van der Waals surface area contributed by atoms with Gasteiger partial charge in [-0.05, 0) is 30.3 Å². The van der Waals surface area contributed by atoms with Crippen LogP contribution in [-0.4, -0.2) is 57.7 Å². The van der Waals surface area contributed by atoms with E-state index in [1.807, 2.05) is 36.4 Å². The molecule has 0 bridgehead atoms. The van der Waals surface area contributed by atoms with Crippen LogP contribution in [0.1, 0.15) is 5.56 Å². The van der Waals surface area contributed by atoms with Crippen molar-refractivity contribution in [3.05, 3.63) is 59.9 Å². The van der Waals surface area contributed by atoms with Crippen molar-refractivity contribution in [2.75, 3.05) is 51.3 Å². The number of aliphatic hydroxyl groups excluding tert-OH is 1. The highest BCUT2D eigenvalue weighted by Gasteiger charge is 2.22. The van der Waals surface area contributed by atoms with E-state index in [2.05, 4.69) is 4.90 Å². The average Bonchev–Trinajstić information content (AvgIpc) is 2.69. The molecule has 0 spiro atoms. The average molecular weight is 375 g/mol. The summed E-state index contributed by atoms with van der Waals surface area (Å²) in [5.74, 6) is 0.591. The minimum absolute atomic E-state index is 0.209. The Morgan fingerprint density at radius 2 is 1.81 bits per heavy atom. The van der Waals surface area contributed by atoms with Crippen molar-refractivity contribution in [1.82, 2.24) is 0 Å². The summed E-state index contributed by atoms with van der Waals surface area (Å²) in [5, 5.41) is 10.3. The van der Waals surface area contributed by atoms with Crippen molar-refractivity contribution in [3.8, 4) is 5.75 Å². The molecule has 2 aromatic rings. The second kappa shape index (κ2) is 9.69. The molecule has 6 heteroatoms. The van der Waals surface area contributed by atoms with Gasteiger partial charge in [-0.15, -0.1) is 0 Å². The van der Waals surface area contributed by atoms with E-state index in [9.17, 15) is 9.50 Å². The van der Waals surface area contributed by atoms with Crippen LogP contribution in [0.2, 0.25) is 0 Å². The molecular formula is C21H28FN2O3+. The minimum Gasteiger partial charge on any atom is -0.496 e. The molecule has 3 rings (SSSR count). The first-order valence-corrected chi connectivity index (χ1v) is 9.37. The molecular weight excluding hydrogens is 347 g/mol. The summed E-state index contributed by atoms with van der Waals surface area (Å²) in [6.07, 6.45) is -0.493. The van der Waals surface area contributed by atoms with E-state index < -0.39 is 6.10 Å². The lowest BCUT2D eigenvalue weighted by atomic mass is 10.2. The Balaban J connectivity index is 1.38. The van der Waals surface area contributed by atoms with Crippen molar-refractivity contribution >= 4 is 5.69 Å². The number of ether oxygens (including phenoxy) is 2. The Morgan fingerprint density at radius 3 is 2.52 bits per heavy atom. The Morgan fingerprint density at radius 1 is 1.11 bits per heavy atom. The smallest absolute Gasteiger partial charge is 0.126 e. The lowest BCUT2D eigenvalue weighted by molar-refractivity contribution is -0.903. The lowest BCUT2D eigenvalue weighted by Gasteiger charge is -2.34. The second-order valence-electron chi connectivity index (χ2n) is 6.90. The number of quaternary nitrogens is 1. The number of aliphatic hydroxyl groups is 1. The van der Waals surface area contributed by atoms with Gasteiger partial charge in [0.25, 0.3) is 0 Å². The zero-order valence-corrected chi connectivity index (χ0v) is 15.7. The van der Waals surface area contributed by atoms with Crippen LogP contribution in [-0.2, 0) is 11.3 Å². The molecule has 0 saturated carbocycles. The van der Waals surface area contributed by atoms with Gasteiger partial charge in [0.1, 0.15) is 24.2 Å². The van der Waals surface area contributed by atoms with Crippen LogP contribution < -0.4 is 14.5 Å². The van der Waals surface area contributed by atoms with E-state index in [1.165, 1.54) is 17.0 Å². The maximum atomic E-state index is 13.0. The fourth-order valence-electron chi connectivity index (χ4n) is 3.46. The van der Waals surface area contributed by atoms with Gasteiger partial charge >= 0.3 is 0 Å². The first-order valence-electron chi connectivity index (χ1n) is 9.37. The molecule has 2 N–H and O–H groups in total. The summed E-state index contributed by atoms with van der Waals surface area (Å²) in [4.78, 5) is 3.62. The number of halogens is 1. The third kappa shape index (κ3) is 5.66. The number of hydrogen-bond acceptors (Lipinski definition) is 4. The molecule has 1 fully saturated rings. The Bertz CT molecular complexity index is 703. The maximum Gasteiger partial charge on any atom is 0.126 e. The van der Waals surface area contributed by atoms with E-state index in [0.29, 0.717) is 19.8 Å². The number of anilines is 1. The summed E-state index contributed by atoms with van der Waals surface area (Å²) in [6.45, 7) is 5.09. The number of benzene rings is 2. The van der Waals surface area contributed by atoms with Crippen molar-refractivity contribution in [1.29, 1.82) is 0 Å². The molecule has 1 aliphatic heterocycles. The SMILES string of the molecule is COc1ccccc1COC[C@@H](O)C[NH+]1CCN(c2ccc(F)cc2)CC1. The quantitative estimate of drug-likeness (QED) is 0.726. The van der Waals surface area contributed by atoms with Crippen molar-refractivity contribution < 1.29 is 23.9 Å². The number of para-hydroxylation sites is 1. The molecule has 1 heterocycles. The third-order valence-electron chi connectivity index (χ3n) is 4.95. The molecule has 0 amide bonds. The molecule has 0 aromatic heterocycles. The van der Waals surface area contributed by atoms with Gasteiger partial charge < -0.3 is 24.4 Å². The summed E-state index contributed by atoms with van der Waals surface area (Å²) in [5.41, 5.74) is 2.03. The van der Waals surface area contributed by atoms with Gasteiger partial charge in [-0.3, -0.25) is 0 Å². The highest BCUT2D eigenvalue weighted by Crippen LogP contribution is 2.18. The highest BCUT2D eigenvalue weighted by atomic mass is 19.1. The van der Waals surface area contributed by atoms with Gasteiger partial charge in [0.05, 0.1) is 46.5 Å². The normalized spacial score (nSPS) is 16.3. The van der Waals surface area contributed by atoms with Crippen LogP contribution in [0.5, 0.6) is 5.75 Å². The third-order valence-corrected chi connectivity index (χ3v) is 4.95. The summed E-state index contributed by atoms with van der Waals surface area (Å²) in [7, 11) is 1.64. The van der Waals surface area contributed by atoms with E-state index in [-0.39, 0.29) is 5.82 Å². The van der Waals surface area contributed by atoms with E-state index in [4.69, 9.17) is 9.47 Å². The van der Waals surface area contributed by atoms with Crippen molar-refractivity contribution in [2.24, 2.45) is 0 Å². The number of rotatable bonds is 8. The highest BCUT2D eigenvalue weighted by molar-refractivity contribution is 5.46. The lowest BCUT2D eigenvalue weighted by Crippen LogP contribution is -3.16. The molecule has 2 aromatic carbocycles. The fraction of sp³-hybridized carbons (Fsp3) is 0.429. The predicted molar refractivity (Wildman–Crippen MR) is 103 cm³/mol. The maximum absolute atomic E-state index is 13.0. The second-order valence-corrected chi connectivity index (χ2v) is 6.90. The van der Waals surface area contributed by atoms with Gasteiger partial charge in [-0.25, -0.2) is 4.39 Å². The van der Waals surface area contributed by atoms with Crippen LogP contribution >= 0.6 is 0 Å². The van der Waals surface area contributed by atoms with Crippen molar-refractivity contribution in [2.45, 2.75) is 12.7 Å². The molecule has 27 heavy (non-hydrogen) atoms. The summed E-state index contributed by atoms with van der Waals surface area (Å²) < 4.78 is 24.0. The fourth-order valence-corrected chi connectivity index (χ4v) is 3.46. The Hall–Kier alpha value is -2.15. The van der Waals surface area contributed by atoms with E-state index >= 15 is 0 Å². The molecule has 0 radical (unpaired) electrons. The van der Waals surface area contributed by atoms with Gasteiger partial charge in [0.15, 0.2) is 0 Å². The van der Waals surface area contributed by atoms with Crippen LogP contribution in [0.3, 0.4) is 0 Å². The summed E-state index contributed by atoms with van der Waals surface area (Å²) in [6, 6.07) is 14.4.